The van der Waals surface area contributed by atoms with Crippen LogP contribution in [0.25, 0.3) is 10.9 Å². The quantitative estimate of drug-likeness (QED) is 0.0456. The number of β-lactam (4-membered cyclic amide) rings is 1. The summed E-state index contributed by atoms with van der Waals surface area (Å²) < 4.78 is 71.4. The van der Waals surface area contributed by atoms with E-state index in [0.717, 1.165) is 11.3 Å². The maximum absolute atomic E-state index is 13.9. The Morgan fingerprint density at radius 3 is 2.61 bits per heavy atom. The van der Waals surface area contributed by atoms with Crippen molar-refractivity contribution in [2.24, 2.45) is 17.9 Å². The molecule has 7 N–H and O–H groups in total. The van der Waals surface area contributed by atoms with Crippen LogP contribution < -0.4 is 26.2 Å². The summed E-state index contributed by atoms with van der Waals surface area (Å²) in [5, 5.41) is 17.9. The molecule has 3 heterocycles. The number of thiazole rings is 1. The minimum absolute atomic E-state index is 0.0192. The number of nitrogens with zero attached hydrogens (tertiary/aromatic N) is 5. The summed E-state index contributed by atoms with van der Waals surface area (Å²) in [6.07, 6.45) is -0.327. The number of carbonyl (C=O) groups is 3. The lowest BCUT2D eigenvalue weighted by Crippen LogP contribution is -2.76. The van der Waals surface area contributed by atoms with Gasteiger partial charge in [-0.3, -0.25) is 14.1 Å². The van der Waals surface area contributed by atoms with E-state index in [9.17, 15) is 36.7 Å². The van der Waals surface area contributed by atoms with Gasteiger partial charge in [0, 0.05) is 5.38 Å². The summed E-state index contributed by atoms with van der Waals surface area (Å²) in [4.78, 5) is 46.7. The molecule has 1 saturated heterocycles. The third kappa shape index (κ3) is 7.47. The van der Waals surface area contributed by atoms with Crippen LogP contribution in [0.5, 0.6) is 5.75 Å². The number of aliphatic carboxylic acids is 1. The molecule has 1 unspecified atom stereocenters. The van der Waals surface area contributed by atoms with E-state index >= 15 is 0 Å². The Morgan fingerprint density at radius 2 is 2.04 bits per heavy atom. The molecule has 3 aromatic rings. The van der Waals surface area contributed by atoms with Gasteiger partial charge in [-0.25, -0.2) is 9.78 Å². The van der Waals surface area contributed by atoms with Crippen molar-refractivity contribution < 1.29 is 59.8 Å². The lowest BCUT2D eigenvalue weighted by Gasteiger charge is -2.50. The number of alkyl halides is 2. The first kappa shape index (κ1) is 34.4. The number of amides is 2. The average Bonchev–Trinajstić information content (AvgIpc) is 3.52. The first-order valence-corrected chi connectivity index (χ1v) is 15.3. The molecule has 18 nitrogen and oxygen atoms in total. The van der Waals surface area contributed by atoms with Gasteiger partial charge in [-0.2, -0.15) is 26.9 Å². The number of aryl methyl sites for hydroxylation is 1. The molecule has 1 aliphatic heterocycles. The van der Waals surface area contributed by atoms with E-state index < -0.39 is 77.2 Å². The molecule has 2 atom stereocenters. The number of aromatic nitrogens is 3. The molecule has 0 spiro atoms. The zero-order valence-corrected chi connectivity index (χ0v) is 25.9. The fraction of sp³-hybridized carbons (Fsp3) is 0.417. The third-order valence-corrected chi connectivity index (χ3v) is 7.77. The maximum atomic E-state index is 13.9. The van der Waals surface area contributed by atoms with Gasteiger partial charge in [-0.15, -0.1) is 20.3 Å². The number of hydrogen-bond acceptors (Lipinski definition) is 13. The van der Waals surface area contributed by atoms with Gasteiger partial charge < -0.3 is 31.5 Å². The number of rotatable bonds is 14. The number of hydrogen-bond donors (Lipinski definition) is 5. The van der Waals surface area contributed by atoms with Crippen LogP contribution in [0, 0.1) is 0 Å². The van der Waals surface area contributed by atoms with Crippen molar-refractivity contribution in [3.05, 3.63) is 35.5 Å². The summed E-state index contributed by atoms with van der Waals surface area (Å²) in [6, 6.07) is 3.20. The van der Waals surface area contributed by atoms with Crippen LogP contribution >= 0.6 is 11.3 Å². The summed E-state index contributed by atoms with van der Waals surface area (Å²) in [7, 11) is -3.46. The molecule has 2 aromatic heterocycles. The van der Waals surface area contributed by atoms with E-state index in [4.69, 9.17) is 25.6 Å². The number of ether oxygens (including phenoxy) is 1. The van der Waals surface area contributed by atoms with Gasteiger partial charge in [0.25, 0.3) is 17.9 Å². The molecular weight excluding hydrogens is 662 g/mol. The molecule has 0 aliphatic carbocycles. The number of fused-ring (bicyclic) bond motifs is 1. The number of anilines is 1. The van der Waals surface area contributed by atoms with Gasteiger partial charge in [-0.1, -0.05) is 5.16 Å². The third-order valence-electron chi connectivity index (χ3n) is 6.76. The van der Waals surface area contributed by atoms with Crippen molar-refractivity contribution in [1.82, 2.24) is 20.0 Å². The Morgan fingerprint density at radius 1 is 1.35 bits per heavy atom. The highest BCUT2D eigenvalue weighted by atomic mass is 32.3. The Kier molecular flexibility index (Phi) is 9.49. The molecule has 1 aliphatic rings. The van der Waals surface area contributed by atoms with Gasteiger partial charge >= 0.3 is 22.3 Å². The van der Waals surface area contributed by atoms with Gasteiger partial charge in [0.05, 0.1) is 24.5 Å². The van der Waals surface area contributed by atoms with Crippen LogP contribution in [0.15, 0.2) is 34.9 Å². The second-order valence-electron chi connectivity index (χ2n) is 10.5. The number of hydroxylamine groups is 2. The highest BCUT2D eigenvalue weighted by Crippen LogP contribution is 2.33. The molecule has 0 bridgehead atoms. The van der Waals surface area contributed by atoms with E-state index in [1.807, 2.05) is 0 Å². The zero-order chi connectivity index (χ0) is 34.2. The van der Waals surface area contributed by atoms with Gasteiger partial charge in [0.15, 0.2) is 10.8 Å². The Labute approximate surface area is 263 Å². The number of nitrogens with two attached hydrogens (primary N) is 2. The highest BCUT2D eigenvalue weighted by Gasteiger charge is 2.58. The van der Waals surface area contributed by atoms with Crippen LogP contribution in [0.1, 0.15) is 19.5 Å². The van der Waals surface area contributed by atoms with Crippen LogP contribution in [-0.4, -0.2) is 93.1 Å². The highest BCUT2D eigenvalue weighted by molar-refractivity contribution is 7.80. The minimum Gasteiger partial charge on any atom is -0.489 e. The number of nitrogen functional groups attached to an aromatic ring is 1. The molecule has 1 aromatic carbocycles. The first-order valence-electron chi connectivity index (χ1n) is 13.0. The van der Waals surface area contributed by atoms with Crippen molar-refractivity contribution in [2.75, 3.05) is 18.9 Å². The Bertz CT molecular complexity index is 1810. The fourth-order valence-corrected chi connectivity index (χ4v) is 5.32. The molecule has 0 saturated carbocycles. The van der Waals surface area contributed by atoms with Crippen LogP contribution in [0.2, 0.25) is 0 Å². The molecule has 1 fully saturated rings. The molecular formula is C24H29F2N8O10S2+. The number of carboxylic acid groups (broad SMARTS) is 1. The molecule has 0 radical (unpaired) electrons. The second kappa shape index (κ2) is 12.7. The van der Waals surface area contributed by atoms with Crippen molar-refractivity contribution >= 4 is 61.3 Å². The maximum Gasteiger partial charge on any atom is 0.418 e. The molecule has 22 heteroatoms. The van der Waals surface area contributed by atoms with Crippen molar-refractivity contribution in [1.29, 1.82) is 0 Å². The number of benzene rings is 1. The minimum atomic E-state index is -5.04. The van der Waals surface area contributed by atoms with Crippen LogP contribution in [-0.2, 0) is 47.5 Å². The smallest absolute Gasteiger partial charge is 0.418 e. The number of nitrogens with one attached hydrogen (secondary N) is 1. The monoisotopic (exact) mass is 691 g/mol. The van der Waals surface area contributed by atoms with E-state index in [1.165, 1.54) is 46.9 Å². The standard InChI is InChI=1S/C24H28F2N8O10S2/c1-23(2)18(20(36)34(23)44-46(39,40)41)30-19(35)17(14-9-45-22(28)29-14)31-43-16(21(37)38)8-42-13-4-5-15-12(6-13)7-33(32(15)3)11-24(25,26)10-27/h4-7,9,16,18H,8,10-11,27H2,1-3H3,(H4-,28,29,30,35,37,38,39,40,41)/p+1/b31-17-/t16?,18-/m1/s1. The zero-order valence-electron chi connectivity index (χ0n) is 24.3. The second-order valence-corrected chi connectivity index (χ2v) is 12.4. The van der Waals surface area contributed by atoms with Gasteiger partial charge in [-0.05, 0) is 32.0 Å². The first-order chi connectivity index (χ1) is 21.3. The number of oxime groups is 1. The molecule has 2 amide bonds. The van der Waals surface area contributed by atoms with E-state index in [2.05, 4.69) is 19.7 Å². The largest absolute Gasteiger partial charge is 0.489 e. The van der Waals surface area contributed by atoms with Crippen molar-refractivity contribution in [3.63, 3.8) is 0 Å². The van der Waals surface area contributed by atoms with E-state index in [1.54, 1.807) is 13.1 Å². The van der Waals surface area contributed by atoms with Crippen LogP contribution in [0.3, 0.4) is 0 Å². The normalized spacial score (nSPS) is 17.5. The summed E-state index contributed by atoms with van der Waals surface area (Å²) in [5.74, 6) is -6.60. The van der Waals surface area contributed by atoms with Crippen LogP contribution in [0.4, 0.5) is 13.9 Å². The Hall–Kier alpha value is -4.51. The summed E-state index contributed by atoms with van der Waals surface area (Å²) >= 11 is 0.920. The fourth-order valence-electron chi connectivity index (χ4n) is 4.31. The molecule has 250 valence electrons. The van der Waals surface area contributed by atoms with Gasteiger partial charge in [0.2, 0.25) is 12.7 Å². The number of carbonyl (C=O) groups excluding carboxylic acids is 2. The molecule has 46 heavy (non-hydrogen) atoms. The topological polar surface area (TPSA) is 255 Å². The summed E-state index contributed by atoms with van der Waals surface area (Å²) in [6.45, 7) is 0.541. The summed E-state index contributed by atoms with van der Waals surface area (Å²) in [5.41, 5.74) is 9.20. The predicted octanol–water partition coefficient (Wildman–Crippen LogP) is -0.809. The number of carboxylic acids is 1. The number of halogens is 2. The van der Waals surface area contributed by atoms with E-state index in [0.29, 0.717) is 16.0 Å². The SMILES string of the molecule is Cn1c2ccc(OCC(O/N=C(\C(=O)N[C@@H]3C(=O)N(OS(=O)(=O)O)C3(C)C)c3csc(N)n3)C(=O)O)cc2c[n+]1CC(F)(F)CN. The van der Waals surface area contributed by atoms with Gasteiger partial charge in [0.1, 0.15) is 29.6 Å². The average molecular weight is 692 g/mol. The van der Waals surface area contributed by atoms with E-state index in [-0.39, 0.29) is 16.6 Å². The lowest BCUT2D eigenvalue weighted by atomic mass is 9.84. The van der Waals surface area contributed by atoms with Crippen molar-refractivity contribution in [3.8, 4) is 5.75 Å². The lowest BCUT2D eigenvalue weighted by molar-refractivity contribution is -0.783. The predicted molar refractivity (Wildman–Crippen MR) is 154 cm³/mol. The van der Waals surface area contributed by atoms with Crippen molar-refractivity contribution in [2.45, 2.75) is 44.0 Å². The Balaban J connectivity index is 1.50. The molecule has 4 rings (SSSR count).